The summed E-state index contributed by atoms with van der Waals surface area (Å²) in [5.41, 5.74) is 10.1. The summed E-state index contributed by atoms with van der Waals surface area (Å²) in [5.74, 6) is -0.204. The van der Waals surface area contributed by atoms with Crippen LogP contribution in [0.5, 0.6) is 0 Å². The zero-order valence-corrected chi connectivity index (χ0v) is 16.9. The molecular formula is C22H19N7O3. The molecule has 0 aliphatic carbocycles. The van der Waals surface area contributed by atoms with Crippen molar-refractivity contribution in [2.45, 2.75) is 12.8 Å². The topological polar surface area (TPSA) is 142 Å². The number of nitrogens with zero attached hydrogens (tertiary/aromatic N) is 5. The predicted octanol–water partition coefficient (Wildman–Crippen LogP) is 3.39. The Morgan fingerprint density at radius 1 is 1.12 bits per heavy atom. The van der Waals surface area contributed by atoms with Gasteiger partial charge in [0.1, 0.15) is 0 Å². The van der Waals surface area contributed by atoms with Crippen LogP contribution in [0.15, 0.2) is 73.2 Å². The van der Waals surface area contributed by atoms with Gasteiger partial charge in [0.25, 0.3) is 5.69 Å². The first-order chi connectivity index (χ1) is 15.5. The first kappa shape index (κ1) is 20.7. The lowest BCUT2D eigenvalue weighted by atomic mass is 10.1. The van der Waals surface area contributed by atoms with Crippen molar-refractivity contribution in [2.24, 2.45) is 0 Å². The Hall–Kier alpha value is -4.60. The molecule has 0 aliphatic heterocycles. The number of aryl methyl sites for hydroxylation is 1. The van der Waals surface area contributed by atoms with Crippen molar-refractivity contribution in [2.75, 3.05) is 11.1 Å². The van der Waals surface area contributed by atoms with E-state index in [4.69, 9.17) is 5.73 Å². The lowest BCUT2D eigenvalue weighted by molar-refractivity contribution is -0.384. The van der Waals surface area contributed by atoms with Crippen LogP contribution in [0.4, 0.5) is 17.1 Å². The highest BCUT2D eigenvalue weighted by Gasteiger charge is 2.11. The van der Waals surface area contributed by atoms with E-state index in [1.807, 2.05) is 24.3 Å². The molecule has 0 saturated carbocycles. The fourth-order valence-corrected chi connectivity index (χ4v) is 3.10. The van der Waals surface area contributed by atoms with Crippen LogP contribution in [0, 0.1) is 10.1 Å². The fraction of sp³-hybridized carbons (Fsp3) is 0.0909. The minimum Gasteiger partial charge on any atom is -0.397 e. The number of rotatable bonds is 7. The number of nitrogens with two attached hydrogens (primary N) is 1. The van der Waals surface area contributed by atoms with Gasteiger partial charge in [0.2, 0.25) is 5.91 Å². The Kier molecular flexibility index (Phi) is 5.84. The molecule has 1 amide bonds. The van der Waals surface area contributed by atoms with Crippen LogP contribution in [-0.4, -0.2) is 30.8 Å². The molecule has 2 aromatic heterocycles. The second kappa shape index (κ2) is 9.04. The average molecular weight is 429 g/mol. The molecule has 3 N–H and O–H groups in total. The monoisotopic (exact) mass is 429 g/mol. The predicted molar refractivity (Wildman–Crippen MR) is 119 cm³/mol. The number of hydrogen-bond donors (Lipinski definition) is 2. The third kappa shape index (κ3) is 4.75. The van der Waals surface area contributed by atoms with Gasteiger partial charge in [-0.3, -0.25) is 19.9 Å². The van der Waals surface area contributed by atoms with Crippen molar-refractivity contribution in [3.05, 3.63) is 89.0 Å². The molecule has 0 bridgehead atoms. The summed E-state index contributed by atoms with van der Waals surface area (Å²) in [6.45, 7) is 0. The third-order valence-corrected chi connectivity index (χ3v) is 4.80. The zero-order chi connectivity index (χ0) is 22.5. The third-order valence-electron chi connectivity index (χ3n) is 4.80. The number of non-ortho nitro benzene ring substituents is 1. The summed E-state index contributed by atoms with van der Waals surface area (Å²) in [4.78, 5) is 26.9. The van der Waals surface area contributed by atoms with Gasteiger partial charge in [0.15, 0.2) is 0 Å². The fourth-order valence-electron chi connectivity index (χ4n) is 3.10. The molecule has 0 atom stereocenters. The molecule has 32 heavy (non-hydrogen) atoms. The number of carbonyl (C=O) groups excluding carboxylic acids is 1. The van der Waals surface area contributed by atoms with Gasteiger partial charge in [0.05, 0.1) is 33.9 Å². The number of nitro benzene ring substituents is 1. The number of hydrogen-bond acceptors (Lipinski definition) is 7. The molecular weight excluding hydrogens is 410 g/mol. The zero-order valence-electron chi connectivity index (χ0n) is 16.9. The van der Waals surface area contributed by atoms with Crippen molar-refractivity contribution in [3.8, 4) is 16.8 Å². The average Bonchev–Trinajstić information content (AvgIpc) is 3.29. The molecule has 2 aromatic carbocycles. The Morgan fingerprint density at radius 3 is 2.66 bits per heavy atom. The summed E-state index contributed by atoms with van der Waals surface area (Å²) in [7, 11) is 0. The summed E-state index contributed by atoms with van der Waals surface area (Å²) < 4.78 is 1.51. The van der Waals surface area contributed by atoms with Crippen molar-refractivity contribution in [3.63, 3.8) is 0 Å². The number of nitrogens with one attached hydrogen (secondary N) is 1. The van der Waals surface area contributed by atoms with E-state index in [0.29, 0.717) is 29.2 Å². The number of aromatic nitrogens is 4. The maximum Gasteiger partial charge on any atom is 0.269 e. The van der Waals surface area contributed by atoms with E-state index in [0.717, 1.165) is 11.1 Å². The molecule has 0 unspecified atom stereocenters. The second-order valence-corrected chi connectivity index (χ2v) is 7.02. The van der Waals surface area contributed by atoms with Crippen molar-refractivity contribution < 1.29 is 9.72 Å². The minimum atomic E-state index is -0.464. The first-order valence-corrected chi connectivity index (χ1v) is 9.75. The normalized spacial score (nSPS) is 10.6. The number of amides is 1. The van der Waals surface area contributed by atoms with Gasteiger partial charge in [-0.25, -0.2) is 4.68 Å². The van der Waals surface area contributed by atoms with Crippen LogP contribution < -0.4 is 11.1 Å². The Bertz CT molecular complexity index is 1250. The molecule has 4 rings (SSSR count). The summed E-state index contributed by atoms with van der Waals surface area (Å²) in [6.07, 6.45) is 5.69. The quantitative estimate of drug-likeness (QED) is 0.260. The molecule has 0 fully saturated rings. The van der Waals surface area contributed by atoms with E-state index in [2.05, 4.69) is 20.6 Å². The molecule has 2 heterocycles. The molecule has 0 spiro atoms. The van der Waals surface area contributed by atoms with Crippen LogP contribution in [-0.2, 0) is 11.2 Å². The van der Waals surface area contributed by atoms with E-state index < -0.39 is 4.92 Å². The minimum absolute atomic E-state index is 0.00219. The SMILES string of the molecule is Nc1ccc(-c2cccnc2)cc1NC(=O)CCc1cn(-c2ccc([N+](=O)[O-])cc2)nn1. The highest BCUT2D eigenvalue weighted by molar-refractivity contribution is 5.95. The van der Waals surface area contributed by atoms with Crippen molar-refractivity contribution in [1.82, 2.24) is 20.0 Å². The van der Waals surface area contributed by atoms with E-state index in [9.17, 15) is 14.9 Å². The molecule has 10 heteroatoms. The number of anilines is 2. The molecule has 0 saturated heterocycles. The number of nitro groups is 1. The number of nitrogen functional groups attached to an aromatic ring is 1. The smallest absolute Gasteiger partial charge is 0.269 e. The number of carbonyl (C=O) groups is 1. The number of pyridine rings is 1. The van der Waals surface area contributed by atoms with Gasteiger partial charge >= 0.3 is 0 Å². The Labute approximate surface area is 182 Å². The van der Waals surface area contributed by atoms with E-state index >= 15 is 0 Å². The van der Waals surface area contributed by atoms with Gasteiger partial charge < -0.3 is 11.1 Å². The molecule has 4 aromatic rings. The van der Waals surface area contributed by atoms with Crippen molar-refractivity contribution >= 4 is 23.0 Å². The van der Waals surface area contributed by atoms with E-state index in [1.54, 1.807) is 36.8 Å². The summed E-state index contributed by atoms with van der Waals surface area (Å²) in [5, 5.41) is 21.7. The lowest BCUT2D eigenvalue weighted by Crippen LogP contribution is -2.13. The van der Waals surface area contributed by atoms with E-state index in [1.165, 1.54) is 16.8 Å². The number of benzene rings is 2. The summed E-state index contributed by atoms with van der Waals surface area (Å²) in [6, 6.07) is 15.2. The van der Waals surface area contributed by atoms with Crippen molar-refractivity contribution in [1.29, 1.82) is 0 Å². The maximum atomic E-state index is 12.5. The Morgan fingerprint density at radius 2 is 1.94 bits per heavy atom. The van der Waals surface area contributed by atoms with Gasteiger partial charge in [-0.2, -0.15) is 0 Å². The Balaban J connectivity index is 1.38. The van der Waals surface area contributed by atoms with Gasteiger partial charge in [-0.05, 0) is 35.9 Å². The van der Waals surface area contributed by atoms with Crippen LogP contribution in [0.1, 0.15) is 12.1 Å². The van der Waals surface area contributed by atoms with Crippen LogP contribution >= 0.6 is 0 Å². The largest absolute Gasteiger partial charge is 0.397 e. The summed E-state index contributed by atoms with van der Waals surface area (Å²) >= 11 is 0. The van der Waals surface area contributed by atoms with Crippen LogP contribution in [0.3, 0.4) is 0 Å². The molecule has 0 aliphatic rings. The first-order valence-electron chi connectivity index (χ1n) is 9.75. The van der Waals surface area contributed by atoms with Gasteiger partial charge in [-0.15, -0.1) is 5.10 Å². The van der Waals surface area contributed by atoms with Gasteiger partial charge in [-0.1, -0.05) is 17.3 Å². The van der Waals surface area contributed by atoms with Crippen LogP contribution in [0.2, 0.25) is 0 Å². The van der Waals surface area contributed by atoms with Gasteiger partial charge in [0, 0.05) is 42.9 Å². The highest BCUT2D eigenvalue weighted by atomic mass is 16.6. The van der Waals surface area contributed by atoms with Crippen LogP contribution in [0.25, 0.3) is 16.8 Å². The second-order valence-electron chi connectivity index (χ2n) is 7.02. The molecule has 10 nitrogen and oxygen atoms in total. The maximum absolute atomic E-state index is 12.5. The standard InChI is InChI=1S/C22H19N7O3/c23-20-9-3-15(16-2-1-11-24-13-16)12-21(20)25-22(30)10-4-17-14-28(27-26-17)18-5-7-19(8-6-18)29(31)32/h1-3,5-9,11-14H,4,10,23H2,(H,25,30). The highest BCUT2D eigenvalue weighted by Crippen LogP contribution is 2.27. The van der Waals surface area contributed by atoms with E-state index in [-0.39, 0.29) is 18.0 Å². The lowest BCUT2D eigenvalue weighted by Gasteiger charge is -2.10. The molecule has 160 valence electrons. The molecule has 0 radical (unpaired) electrons.